The second kappa shape index (κ2) is 7.33. The molecule has 138 valence electrons. The number of nitrogens with one attached hydrogen (secondary N) is 1. The lowest BCUT2D eigenvalue weighted by Gasteiger charge is -2.06. The molecule has 0 aliphatic rings. The Bertz CT molecular complexity index is 1060. The average Bonchev–Trinajstić information content (AvgIpc) is 3.00. The summed E-state index contributed by atoms with van der Waals surface area (Å²) in [6.07, 6.45) is 0. The molecule has 0 aliphatic carbocycles. The van der Waals surface area contributed by atoms with Crippen LogP contribution in [0.15, 0.2) is 36.4 Å². The molecular formula is C16H12N4O6S. The fourth-order valence-corrected chi connectivity index (χ4v) is 3.22. The summed E-state index contributed by atoms with van der Waals surface area (Å²) in [7, 11) is 0. The van der Waals surface area contributed by atoms with Gasteiger partial charge < -0.3 is 4.74 Å². The SMILES string of the molecule is Cc1cc(OCC(=O)Nc2nc3ccc([N+](=O)[O-])cc3s2)ccc1[N+](=O)[O-]. The van der Waals surface area contributed by atoms with E-state index in [1.807, 2.05) is 0 Å². The van der Waals surface area contributed by atoms with Gasteiger partial charge in [-0.05, 0) is 25.1 Å². The van der Waals surface area contributed by atoms with Crippen molar-refractivity contribution in [2.75, 3.05) is 11.9 Å². The predicted octanol–water partition coefficient (Wildman–Crippen LogP) is 3.44. The predicted molar refractivity (Wildman–Crippen MR) is 98.2 cm³/mol. The summed E-state index contributed by atoms with van der Waals surface area (Å²) >= 11 is 1.11. The molecule has 0 aliphatic heterocycles. The topological polar surface area (TPSA) is 138 Å². The lowest BCUT2D eigenvalue weighted by atomic mass is 10.2. The number of amides is 1. The number of carbonyl (C=O) groups is 1. The molecule has 1 aromatic heterocycles. The lowest BCUT2D eigenvalue weighted by molar-refractivity contribution is -0.385. The van der Waals surface area contributed by atoms with Crippen molar-refractivity contribution >= 4 is 44.0 Å². The smallest absolute Gasteiger partial charge is 0.272 e. The van der Waals surface area contributed by atoms with Gasteiger partial charge in [0, 0.05) is 23.8 Å². The third kappa shape index (κ3) is 4.15. The minimum atomic E-state index is -0.503. The number of nitrogens with zero attached hydrogens (tertiary/aromatic N) is 3. The number of nitro groups is 2. The number of aromatic nitrogens is 1. The molecule has 1 N–H and O–H groups in total. The standard InChI is InChI=1S/C16H12N4O6S/c1-9-6-11(3-5-13(9)20(24)25)26-8-15(21)18-16-17-12-4-2-10(19(22)23)7-14(12)27-16/h2-7H,8H2,1H3,(H,17,18,21). The monoisotopic (exact) mass is 388 g/mol. The fraction of sp³-hybridized carbons (Fsp3) is 0.125. The molecule has 1 heterocycles. The van der Waals surface area contributed by atoms with Crippen LogP contribution >= 0.6 is 11.3 Å². The molecular weight excluding hydrogens is 376 g/mol. The Kier molecular flexibility index (Phi) is 4.94. The Labute approximate surface area is 155 Å². The second-order valence-corrected chi connectivity index (χ2v) is 6.50. The minimum absolute atomic E-state index is 0.0321. The van der Waals surface area contributed by atoms with Gasteiger partial charge >= 0.3 is 0 Å². The molecule has 0 bridgehead atoms. The van der Waals surface area contributed by atoms with Gasteiger partial charge in [0.05, 0.1) is 20.1 Å². The largest absolute Gasteiger partial charge is 0.484 e. The minimum Gasteiger partial charge on any atom is -0.484 e. The van der Waals surface area contributed by atoms with Crippen LogP contribution in [-0.4, -0.2) is 27.3 Å². The van der Waals surface area contributed by atoms with Crippen molar-refractivity contribution in [3.63, 3.8) is 0 Å². The van der Waals surface area contributed by atoms with Crippen LogP contribution in [0.1, 0.15) is 5.56 Å². The molecule has 0 radical (unpaired) electrons. The van der Waals surface area contributed by atoms with Crippen LogP contribution in [-0.2, 0) is 4.79 Å². The normalized spacial score (nSPS) is 10.6. The molecule has 10 nitrogen and oxygen atoms in total. The van der Waals surface area contributed by atoms with Gasteiger partial charge in [-0.3, -0.25) is 30.3 Å². The number of non-ortho nitro benzene ring substituents is 1. The highest BCUT2D eigenvalue weighted by Crippen LogP contribution is 2.29. The van der Waals surface area contributed by atoms with Gasteiger partial charge in [-0.2, -0.15) is 0 Å². The number of hydrogen-bond acceptors (Lipinski definition) is 8. The maximum absolute atomic E-state index is 12.0. The van der Waals surface area contributed by atoms with Gasteiger partial charge in [-0.1, -0.05) is 11.3 Å². The van der Waals surface area contributed by atoms with Crippen LogP contribution in [0.25, 0.3) is 10.2 Å². The third-order valence-corrected chi connectivity index (χ3v) is 4.50. The summed E-state index contributed by atoms with van der Waals surface area (Å²) in [5, 5.41) is 24.4. The summed E-state index contributed by atoms with van der Waals surface area (Å²) < 4.78 is 5.91. The number of carbonyl (C=O) groups excluding carboxylic acids is 1. The molecule has 0 saturated heterocycles. The van der Waals surface area contributed by atoms with Crippen molar-refractivity contribution in [3.8, 4) is 5.75 Å². The van der Waals surface area contributed by atoms with Crippen molar-refractivity contribution in [2.45, 2.75) is 6.92 Å². The van der Waals surface area contributed by atoms with E-state index in [1.165, 1.54) is 36.4 Å². The van der Waals surface area contributed by atoms with E-state index >= 15 is 0 Å². The summed E-state index contributed by atoms with van der Waals surface area (Å²) in [5.41, 5.74) is 0.870. The first-order chi connectivity index (χ1) is 12.8. The molecule has 0 atom stereocenters. The van der Waals surface area contributed by atoms with Gasteiger partial charge in [0.1, 0.15) is 5.75 Å². The van der Waals surface area contributed by atoms with Crippen LogP contribution in [0.2, 0.25) is 0 Å². The fourth-order valence-electron chi connectivity index (χ4n) is 2.31. The zero-order valence-electron chi connectivity index (χ0n) is 13.9. The van der Waals surface area contributed by atoms with Crippen LogP contribution in [0, 0.1) is 27.2 Å². The second-order valence-electron chi connectivity index (χ2n) is 5.47. The third-order valence-electron chi connectivity index (χ3n) is 3.56. The number of fused-ring (bicyclic) bond motifs is 1. The lowest BCUT2D eigenvalue weighted by Crippen LogP contribution is -2.20. The van der Waals surface area contributed by atoms with Gasteiger partial charge in [0.2, 0.25) is 0 Å². The van der Waals surface area contributed by atoms with Crippen LogP contribution < -0.4 is 10.1 Å². The number of anilines is 1. The Balaban J connectivity index is 1.64. The van der Waals surface area contributed by atoms with E-state index in [0.717, 1.165) is 11.3 Å². The van der Waals surface area contributed by atoms with E-state index in [9.17, 15) is 25.0 Å². The summed E-state index contributed by atoms with van der Waals surface area (Å²) in [4.78, 5) is 36.8. The number of nitro benzene ring substituents is 2. The number of thiazole rings is 1. The molecule has 0 spiro atoms. The zero-order chi connectivity index (χ0) is 19.6. The number of rotatable bonds is 6. The maximum Gasteiger partial charge on any atom is 0.272 e. The average molecular weight is 388 g/mol. The summed E-state index contributed by atoms with van der Waals surface area (Å²) in [6.45, 7) is 1.26. The van der Waals surface area contributed by atoms with E-state index in [1.54, 1.807) is 6.92 Å². The number of hydrogen-bond donors (Lipinski definition) is 1. The van der Waals surface area contributed by atoms with Crippen LogP contribution in [0.5, 0.6) is 5.75 Å². The molecule has 2 aromatic carbocycles. The first kappa shape index (κ1) is 18.2. The van der Waals surface area contributed by atoms with E-state index in [0.29, 0.717) is 26.7 Å². The molecule has 0 unspecified atom stereocenters. The highest BCUT2D eigenvalue weighted by molar-refractivity contribution is 7.22. The van der Waals surface area contributed by atoms with Crippen LogP contribution in [0.3, 0.4) is 0 Å². The van der Waals surface area contributed by atoms with Crippen molar-refractivity contribution in [1.82, 2.24) is 4.98 Å². The van der Waals surface area contributed by atoms with Crippen molar-refractivity contribution < 1.29 is 19.4 Å². The number of benzene rings is 2. The first-order valence-electron chi connectivity index (χ1n) is 7.56. The van der Waals surface area contributed by atoms with E-state index in [2.05, 4.69) is 10.3 Å². The molecule has 27 heavy (non-hydrogen) atoms. The Morgan fingerprint density at radius 2 is 1.96 bits per heavy atom. The molecule has 0 saturated carbocycles. The highest BCUT2D eigenvalue weighted by Gasteiger charge is 2.14. The van der Waals surface area contributed by atoms with Crippen LogP contribution in [0.4, 0.5) is 16.5 Å². The van der Waals surface area contributed by atoms with Gasteiger partial charge in [-0.25, -0.2) is 4.98 Å². The highest BCUT2D eigenvalue weighted by atomic mass is 32.1. The van der Waals surface area contributed by atoms with E-state index < -0.39 is 15.8 Å². The zero-order valence-corrected chi connectivity index (χ0v) is 14.7. The summed E-state index contributed by atoms with van der Waals surface area (Å²) in [5.74, 6) is -0.146. The molecule has 11 heteroatoms. The van der Waals surface area contributed by atoms with Crippen molar-refractivity contribution in [3.05, 3.63) is 62.2 Å². The Morgan fingerprint density at radius 1 is 1.19 bits per heavy atom. The van der Waals surface area contributed by atoms with Crippen molar-refractivity contribution in [2.24, 2.45) is 0 Å². The van der Waals surface area contributed by atoms with E-state index in [4.69, 9.17) is 4.74 Å². The Morgan fingerprint density at radius 3 is 2.63 bits per heavy atom. The Hall–Kier alpha value is -3.60. The van der Waals surface area contributed by atoms with Gasteiger partial charge in [-0.15, -0.1) is 0 Å². The molecule has 3 rings (SSSR count). The van der Waals surface area contributed by atoms with E-state index in [-0.39, 0.29) is 18.0 Å². The molecule has 0 fully saturated rings. The molecule has 1 amide bonds. The first-order valence-corrected chi connectivity index (χ1v) is 8.38. The quantitative estimate of drug-likeness (QED) is 0.504. The van der Waals surface area contributed by atoms with Crippen molar-refractivity contribution in [1.29, 1.82) is 0 Å². The van der Waals surface area contributed by atoms with Gasteiger partial charge in [0.25, 0.3) is 17.3 Å². The number of aryl methyl sites for hydroxylation is 1. The maximum atomic E-state index is 12.0. The summed E-state index contributed by atoms with van der Waals surface area (Å²) in [6, 6.07) is 8.43. The van der Waals surface area contributed by atoms with Gasteiger partial charge in [0.15, 0.2) is 11.7 Å². The molecule has 3 aromatic rings. The number of ether oxygens (including phenoxy) is 1.